The van der Waals surface area contributed by atoms with Crippen LogP contribution in [-0.4, -0.2) is 30.0 Å². The average Bonchev–Trinajstić information content (AvgIpc) is 2.58. The van der Waals surface area contributed by atoms with Crippen LogP contribution in [-0.2, 0) is 0 Å². The molecule has 6 nitrogen and oxygen atoms in total. The highest BCUT2D eigenvalue weighted by Gasteiger charge is 2.25. The van der Waals surface area contributed by atoms with Gasteiger partial charge in [-0.05, 0) is 43.7 Å². The molecule has 2 rings (SSSR count). The van der Waals surface area contributed by atoms with E-state index in [-0.39, 0.29) is 22.6 Å². The molecule has 1 N–H and O–H groups in total. The Labute approximate surface area is 143 Å². The highest BCUT2D eigenvalue weighted by Crippen LogP contribution is 2.32. The predicted molar refractivity (Wildman–Crippen MR) is 95.5 cm³/mol. The van der Waals surface area contributed by atoms with Gasteiger partial charge in [-0.15, -0.1) is 0 Å². The van der Waals surface area contributed by atoms with Crippen molar-refractivity contribution in [2.45, 2.75) is 52.5 Å². The molecule has 0 unspecified atom stereocenters. The Morgan fingerprint density at radius 1 is 1.42 bits per heavy atom. The number of hydrogen-bond donors (Lipinski definition) is 1. The molecule has 1 aromatic rings. The van der Waals surface area contributed by atoms with Gasteiger partial charge in [0.25, 0.3) is 11.6 Å². The minimum absolute atomic E-state index is 0.0151. The summed E-state index contributed by atoms with van der Waals surface area (Å²) in [5, 5.41) is 14.4. The molecule has 1 heterocycles. The lowest BCUT2D eigenvalue weighted by Gasteiger charge is -2.32. The number of nitrogens with one attached hydrogen (secondary N) is 1. The maximum atomic E-state index is 12.3. The molecule has 0 saturated carbocycles. The molecule has 1 aliphatic heterocycles. The Bertz CT molecular complexity index is 599. The number of anilines is 1. The molecule has 0 bridgehead atoms. The Morgan fingerprint density at radius 3 is 2.71 bits per heavy atom. The maximum Gasteiger partial charge on any atom is 0.293 e. The second-order valence-electron chi connectivity index (χ2n) is 6.64. The number of nitro benzene ring substituents is 1. The Hall–Kier alpha value is -2.11. The van der Waals surface area contributed by atoms with Crippen molar-refractivity contribution >= 4 is 17.3 Å². The van der Waals surface area contributed by atoms with Crippen LogP contribution in [0.5, 0.6) is 0 Å². The Morgan fingerprint density at radius 2 is 2.12 bits per heavy atom. The molecular formula is C18H27N3O3. The Balaban J connectivity index is 2.26. The number of carbonyl (C=O) groups excluding carboxylic acids is 1. The molecule has 0 aliphatic carbocycles. The van der Waals surface area contributed by atoms with Crippen molar-refractivity contribution in [1.82, 2.24) is 5.32 Å². The molecule has 0 spiro atoms. The van der Waals surface area contributed by atoms with Gasteiger partial charge in [-0.1, -0.05) is 20.8 Å². The summed E-state index contributed by atoms with van der Waals surface area (Å²) < 4.78 is 0. The number of piperidine rings is 1. The largest absolute Gasteiger partial charge is 0.366 e. The SMILES string of the molecule is CCC(CC)NC(=O)c1ccc(N2CCC[C@@H](C)C2)c([N+](=O)[O-])c1. The highest BCUT2D eigenvalue weighted by atomic mass is 16.6. The average molecular weight is 333 g/mol. The lowest BCUT2D eigenvalue weighted by atomic mass is 9.99. The number of benzene rings is 1. The van der Waals surface area contributed by atoms with Crippen LogP contribution in [0.15, 0.2) is 18.2 Å². The summed E-state index contributed by atoms with van der Waals surface area (Å²) in [6.07, 6.45) is 3.87. The van der Waals surface area contributed by atoms with Gasteiger partial charge in [0.1, 0.15) is 5.69 Å². The summed E-state index contributed by atoms with van der Waals surface area (Å²) in [5.41, 5.74) is 0.981. The first-order valence-corrected chi connectivity index (χ1v) is 8.80. The van der Waals surface area contributed by atoms with E-state index in [0.29, 0.717) is 17.2 Å². The fourth-order valence-electron chi connectivity index (χ4n) is 3.25. The first-order chi connectivity index (χ1) is 11.5. The van der Waals surface area contributed by atoms with Gasteiger partial charge in [-0.25, -0.2) is 0 Å². The van der Waals surface area contributed by atoms with Crippen molar-refractivity contribution in [3.63, 3.8) is 0 Å². The number of rotatable bonds is 6. The summed E-state index contributed by atoms with van der Waals surface area (Å²) in [5.74, 6) is 0.279. The number of carbonyl (C=O) groups is 1. The molecule has 1 fully saturated rings. The van der Waals surface area contributed by atoms with Gasteiger partial charge >= 0.3 is 0 Å². The quantitative estimate of drug-likeness (QED) is 0.635. The van der Waals surface area contributed by atoms with Gasteiger partial charge in [0.15, 0.2) is 0 Å². The molecule has 0 aromatic heterocycles. The molecule has 132 valence electrons. The van der Waals surface area contributed by atoms with Gasteiger partial charge < -0.3 is 10.2 Å². The van der Waals surface area contributed by atoms with Crippen LogP contribution in [0.2, 0.25) is 0 Å². The first-order valence-electron chi connectivity index (χ1n) is 8.80. The number of amides is 1. The van der Waals surface area contributed by atoms with Crippen molar-refractivity contribution in [1.29, 1.82) is 0 Å². The minimum Gasteiger partial charge on any atom is -0.366 e. The van der Waals surface area contributed by atoms with Crippen LogP contribution in [0.25, 0.3) is 0 Å². The lowest BCUT2D eigenvalue weighted by Crippen LogP contribution is -2.35. The summed E-state index contributed by atoms with van der Waals surface area (Å²) in [6, 6.07) is 4.92. The van der Waals surface area contributed by atoms with Crippen molar-refractivity contribution in [3.05, 3.63) is 33.9 Å². The zero-order valence-corrected chi connectivity index (χ0v) is 14.7. The van der Waals surface area contributed by atoms with Crippen LogP contribution < -0.4 is 10.2 Å². The zero-order chi connectivity index (χ0) is 17.7. The molecule has 0 radical (unpaired) electrons. The van der Waals surface area contributed by atoms with Crippen LogP contribution in [0, 0.1) is 16.0 Å². The number of hydrogen-bond acceptors (Lipinski definition) is 4. The van der Waals surface area contributed by atoms with E-state index in [2.05, 4.69) is 17.1 Å². The normalized spacial score (nSPS) is 17.8. The summed E-state index contributed by atoms with van der Waals surface area (Å²) in [6.45, 7) is 7.83. The third-order valence-electron chi connectivity index (χ3n) is 4.75. The zero-order valence-electron chi connectivity index (χ0n) is 14.7. The van der Waals surface area contributed by atoms with Crippen molar-refractivity contribution in [2.24, 2.45) is 5.92 Å². The predicted octanol–water partition coefficient (Wildman–Crippen LogP) is 3.75. The fourth-order valence-corrected chi connectivity index (χ4v) is 3.25. The topological polar surface area (TPSA) is 75.5 Å². The molecular weight excluding hydrogens is 306 g/mol. The maximum absolute atomic E-state index is 12.3. The third kappa shape index (κ3) is 4.24. The molecule has 1 aromatic carbocycles. The number of nitrogens with zero attached hydrogens (tertiary/aromatic N) is 2. The first kappa shape index (κ1) is 18.2. The van der Waals surface area contributed by atoms with Crippen LogP contribution in [0.4, 0.5) is 11.4 Å². The minimum atomic E-state index is -0.386. The summed E-state index contributed by atoms with van der Waals surface area (Å²) in [7, 11) is 0. The molecule has 24 heavy (non-hydrogen) atoms. The standard InChI is InChI=1S/C18H27N3O3/c1-4-15(5-2)19-18(22)14-8-9-16(17(11-14)21(23)24)20-10-6-7-13(3)12-20/h8-9,11,13,15H,4-7,10,12H2,1-3H3,(H,19,22)/t13-/m1/s1. The van der Waals surface area contributed by atoms with Gasteiger partial charge in [0, 0.05) is 30.8 Å². The van der Waals surface area contributed by atoms with E-state index in [9.17, 15) is 14.9 Å². The molecule has 6 heteroatoms. The molecule has 1 amide bonds. The molecule has 1 saturated heterocycles. The molecule has 1 atom stereocenters. The summed E-state index contributed by atoms with van der Waals surface area (Å²) in [4.78, 5) is 25.5. The van der Waals surface area contributed by atoms with E-state index >= 15 is 0 Å². The fraction of sp³-hybridized carbons (Fsp3) is 0.611. The Kier molecular flexibility index (Phi) is 6.17. The van der Waals surface area contributed by atoms with E-state index in [1.165, 1.54) is 6.07 Å². The summed E-state index contributed by atoms with van der Waals surface area (Å²) >= 11 is 0. The molecule has 1 aliphatic rings. The smallest absolute Gasteiger partial charge is 0.293 e. The lowest BCUT2D eigenvalue weighted by molar-refractivity contribution is -0.384. The third-order valence-corrected chi connectivity index (χ3v) is 4.75. The highest BCUT2D eigenvalue weighted by molar-refractivity contribution is 5.96. The second kappa shape index (κ2) is 8.13. The van der Waals surface area contributed by atoms with E-state index < -0.39 is 0 Å². The van der Waals surface area contributed by atoms with Gasteiger partial charge in [0.05, 0.1) is 4.92 Å². The van der Waals surface area contributed by atoms with Crippen molar-refractivity contribution in [2.75, 3.05) is 18.0 Å². The number of nitro groups is 1. The second-order valence-corrected chi connectivity index (χ2v) is 6.64. The van der Waals surface area contributed by atoms with Crippen LogP contribution >= 0.6 is 0 Å². The van der Waals surface area contributed by atoms with Gasteiger partial charge in [-0.2, -0.15) is 0 Å². The van der Waals surface area contributed by atoms with E-state index in [4.69, 9.17) is 0 Å². The van der Waals surface area contributed by atoms with E-state index in [1.807, 2.05) is 13.8 Å². The van der Waals surface area contributed by atoms with Crippen LogP contribution in [0.1, 0.15) is 56.8 Å². The monoisotopic (exact) mass is 333 g/mol. The van der Waals surface area contributed by atoms with Crippen LogP contribution in [0.3, 0.4) is 0 Å². The van der Waals surface area contributed by atoms with Gasteiger partial charge in [0.2, 0.25) is 0 Å². The van der Waals surface area contributed by atoms with E-state index in [1.54, 1.807) is 12.1 Å². The van der Waals surface area contributed by atoms with Crippen molar-refractivity contribution < 1.29 is 9.72 Å². The van der Waals surface area contributed by atoms with Crippen molar-refractivity contribution in [3.8, 4) is 0 Å². The van der Waals surface area contributed by atoms with Gasteiger partial charge in [-0.3, -0.25) is 14.9 Å². The van der Waals surface area contributed by atoms with E-state index in [0.717, 1.165) is 38.8 Å².